The summed E-state index contributed by atoms with van der Waals surface area (Å²) in [7, 11) is 0. The van der Waals surface area contributed by atoms with Crippen molar-refractivity contribution in [1.29, 1.82) is 0 Å². The Balaban J connectivity index is 1.78. The van der Waals surface area contributed by atoms with Crippen LogP contribution in [0.3, 0.4) is 0 Å². The number of amides is 2. The Hall–Kier alpha value is -3.62. The summed E-state index contributed by atoms with van der Waals surface area (Å²) in [5.41, 5.74) is 2.99. The van der Waals surface area contributed by atoms with Gasteiger partial charge in [-0.05, 0) is 29.8 Å². The van der Waals surface area contributed by atoms with E-state index in [-0.39, 0.29) is 17.9 Å². The van der Waals surface area contributed by atoms with Crippen molar-refractivity contribution in [3.8, 4) is 0 Å². The van der Waals surface area contributed by atoms with Crippen LogP contribution in [0.1, 0.15) is 16.1 Å². The average molecular weight is 327 g/mol. The van der Waals surface area contributed by atoms with Gasteiger partial charge in [0.25, 0.3) is 17.5 Å². The average Bonchev–Trinajstić information content (AvgIpc) is 2.61. The molecular formula is C15H13N5O4. The van der Waals surface area contributed by atoms with Gasteiger partial charge in [0.15, 0.2) is 0 Å². The first-order chi connectivity index (χ1) is 11.6. The molecule has 0 radical (unpaired) electrons. The van der Waals surface area contributed by atoms with E-state index in [1.165, 1.54) is 42.7 Å². The van der Waals surface area contributed by atoms with Crippen LogP contribution in [0, 0.1) is 10.1 Å². The van der Waals surface area contributed by atoms with Crippen LogP contribution in [0.4, 0.5) is 5.69 Å². The Bertz CT molecular complexity index is 759. The van der Waals surface area contributed by atoms with Crippen LogP contribution in [-0.4, -0.2) is 34.5 Å². The summed E-state index contributed by atoms with van der Waals surface area (Å²) in [5.74, 6) is -0.984. The van der Waals surface area contributed by atoms with Crippen LogP contribution in [0.25, 0.3) is 0 Å². The highest BCUT2D eigenvalue weighted by molar-refractivity contribution is 5.94. The van der Waals surface area contributed by atoms with Gasteiger partial charge in [0.1, 0.15) is 5.69 Å². The number of nitro groups is 1. The molecule has 1 heterocycles. The first-order valence-electron chi connectivity index (χ1n) is 6.82. The number of aromatic nitrogens is 1. The number of carbonyl (C=O) groups is 2. The van der Waals surface area contributed by atoms with Gasteiger partial charge < -0.3 is 5.32 Å². The first-order valence-corrected chi connectivity index (χ1v) is 6.82. The van der Waals surface area contributed by atoms with Crippen molar-refractivity contribution in [2.75, 3.05) is 6.54 Å². The Morgan fingerprint density at radius 3 is 2.58 bits per heavy atom. The second-order valence-electron chi connectivity index (χ2n) is 4.54. The number of benzene rings is 1. The minimum atomic E-state index is -0.516. The molecule has 2 N–H and O–H groups in total. The predicted octanol–water partition coefficient (Wildman–Crippen LogP) is 0.870. The summed E-state index contributed by atoms with van der Waals surface area (Å²) in [6.07, 6.45) is 2.81. The lowest BCUT2D eigenvalue weighted by Gasteiger charge is -2.03. The van der Waals surface area contributed by atoms with E-state index in [1.807, 2.05) is 0 Å². The molecule has 0 atom stereocenters. The summed E-state index contributed by atoms with van der Waals surface area (Å²) in [6.45, 7) is -0.257. The lowest BCUT2D eigenvalue weighted by Crippen LogP contribution is -2.35. The molecular weight excluding hydrogens is 314 g/mol. The molecule has 1 aromatic heterocycles. The second-order valence-corrected chi connectivity index (χ2v) is 4.54. The van der Waals surface area contributed by atoms with Gasteiger partial charge in [0.05, 0.1) is 17.7 Å². The van der Waals surface area contributed by atoms with Crippen LogP contribution >= 0.6 is 0 Å². The van der Waals surface area contributed by atoms with Crippen molar-refractivity contribution >= 4 is 23.7 Å². The molecule has 24 heavy (non-hydrogen) atoms. The fraction of sp³-hybridized carbons (Fsp3) is 0.0667. The van der Waals surface area contributed by atoms with E-state index in [1.54, 1.807) is 12.1 Å². The van der Waals surface area contributed by atoms with Crippen molar-refractivity contribution in [1.82, 2.24) is 15.7 Å². The molecule has 2 aromatic rings. The summed E-state index contributed by atoms with van der Waals surface area (Å²) >= 11 is 0. The van der Waals surface area contributed by atoms with Crippen molar-refractivity contribution in [2.24, 2.45) is 5.10 Å². The maximum Gasteiger partial charge on any atom is 0.270 e. The zero-order chi connectivity index (χ0) is 17.4. The number of hydrazone groups is 1. The zero-order valence-electron chi connectivity index (χ0n) is 12.4. The number of rotatable bonds is 6. The molecule has 122 valence electrons. The maximum absolute atomic E-state index is 11.7. The molecule has 0 fully saturated rings. The third-order valence-electron chi connectivity index (χ3n) is 2.81. The Morgan fingerprint density at radius 1 is 1.21 bits per heavy atom. The molecule has 0 aliphatic heterocycles. The van der Waals surface area contributed by atoms with Crippen LogP contribution in [0.2, 0.25) is 0 Å². The summed E-state index contributed by atoms with van der Waals surface area (Å²) in [5, 5.41) is 16.6. The largest absolute Gasteiger partial charge is 0.342 e. The van der Waals surface area contributed by atoms with E-state index >= 15 is 0 Å². The van der Waals surface area contributed by atoms with Crippen molar-refractivity contribution in [2.45, 2.75) is 0 Å². The predicted molar refractivity (Wildman–Crippen MR) is 85.4 cm³/mol. The standard InChI is InChI=1S/C15H13N5O4/c21-14(10-17-15(22)13-3-1-2-8-16-13)19-18-9-11-4-6-12(7-5-11)20(23)24/h1-9H,10H2,(H,17,22)(H,19,21). The minimum absolute atomic E-state index is 0.0339. The van der Waals surface area contributed by atoms with Gasteiger partial charge in [-0.3, -0.25) is 24.7 Å². The zero-order valence-corrected chi connectivity index (χ0v) is 12.4. The quantitative estimate of drug-likeness (QED) is 0.462. The van der Waals surface area contributed by atoms with E-state index in [2.05, 4.69) is 20.8 Å². The Morgan fingerprint density at radius 2 is 1.96 bits per heavy atom. The van der Waals surface area contributed by atoms with Crippen molar-refractivity contribution in [3.63, 3.8) is 0 Å². The van der Waals surface area contributed by atoms with E-state index in [0.717, 1.165) is 0 Å². The highest BCUT2D eigenvalue weighted by Gasteiger charge is 2.08. The molecule has 0 aliphatic rings. The number of nitrogens with zero attached hydrogens (tertiary/aromatic N) is 3. The third-order valence-corrected chi connectivity index (χ3v) is 2.81. The number of carbonyl (C=O) groups excluding carboxylic acids is 2. The van der Waals surface area contributed by atoms with Gasteiger partial charge >= 0.3 is 0 Å². The maximum atomic E-state index is 11.7. The molecule has 1 aromatic carbocycles. The van der Waals surface area contributed by atoms with Crippen molar-refractivity contribution < 1.29 is 14.5 Å². The van der Waals surface area contributed by atoms with Gasteiger partial charge in [-0.25, -0.2) is 5.43 Å². The van der Waals surface area contributed by atoms with Crippen LogP contribution in [0.5, 0.6) is 0 Å². The van der Waals surface area contributed by atoms with E-state index in [9.17, 15) is 19.7 Å². The van der Waals surface area contributed by atoms with Crippen molar-refractivity contribution in [3.05, 3.63) is 70.0 Å². The summed E-state index contributed by atoms with van der Waals surface area (Å²) in [4.78, 5) is 37.1. The highest BCUT2D eigenvalue weighted by Crippen LogP contribution is 2.10. The fourth-order valence-electron chi connectivity index (χ4n) is 1.65. The lowest BCUT2D eigenvalue weighted by atomic mass is 10.2. The van der Waals surface area contributed by atoms with Gasteiger partial charge in [-0.15, -0.1) is 0 Å². The second kappa shape index (κ2) is 8.13. The first kappa shape index (κ1) is 16.7. The number of nitro benzene ring substituents is 1. The molecule has 9 heteroatoms. The molecule has 0 aliphatic carbocycles. The van der Waals surface area contributed by atoms with Gasteiger partial charge in [0, 0.05) is 18.3 Å². The number of nitrogens with one attached hydrogen (secondary N) is 2. The minimum Gasteiger partial charge on any atom is -0.342 e. The third kappa shape index (κ3) is 4.98. The fourth-order valence-corrected chi connectivity index (χ4v) is 1.65. The number of non-ortho nitro benzene ring substituents is 1. The molecule has 2 rings (SSSR count). The highest BCUT2D eigenvalue weighted by atomic mass is 16.6. The van der Waals surface area contributed by atoms with Crippen LogP contribution < -0.4 is 10.7 Å². The molecule has 0 saturated heterocycles. The molecule has 9 nitrogen and oxygen atoms in total. The Kier molecular flexibility index (Phi) is 5.67. The molecule has 0 saturated carbocycles. The summed E-state index contributed by atoms with van der Waals surface area (Å²) in [6, 6.07) is 10.5. The van der Waals surface area contributed by atoms with E-state index in [4.69, 9.17) is 0 Å². The number of hydrogen-bond donors (Lipinski definition) is 2. The lowest BCUT2D eigenvalue weighted by molar-refractivity contribution is -0.384. The van der Waals surface area contributed by atoms with Gasteiger partial charge in [-0.1, -0.05) is 6.07 Å². The van der Waals surface area contributed by atoms with Gasteiger partial charge in [-0.2, -0.15) is 5.10 Å². The van der Waals surface area contributed by atoms with Crippen LogP contribution in [-0.2, 0) is 4.79 Å². The monoisotopic (exact) mass is 327 g/mol. The smallest absolute Gasteiger partial charge is 0.270 e. The SMILES string of the molecule is O=C(CNC(=O)c1ccccn1)NN=Cc1ccc([N+](=O)[O-])cc1. The topological polar surface area (TPSA) is 127 Å². The van der Waals surface area contributed by atoms with Gasteiger partial charge in [0.2, 0.25) is 0 Å². The van der Waals surface area contributed by atoms with Crippen LogP contribution in [0.15, 0.2) is 53.8 Å². The molecule has 0 spiro atoms. The molecule has 0 bridgehead atoms. The summed E-state index contributed by atoms with van der Waals surface area (Å²) < 4.78 is 0. The number of pyridine rings is 1. The normalized spacial score (nSPS) is 10.3. The molecule has 0 unspecified atom stereocenters. The van der Waals surface area contributed by atoms with E-state index < -0.39 is 16.7 Å². The molecule has 2 amide bonds. The number of hydrogen-bond acceptors (Lipinski definition) is 6. The van der Waals surface area contributed by atoms with E-state index in [0.29, 0.717) is 5.56 Å². The Labute approximate surface area is 136 Å².